The molecule has 1 saturated heterocycles. The topological polar surface area (TPSA) is 17.1 Å². The maximum absolute atomic E-state index is 11.9. The zero-order valence-corrected chi connectivity index (χ0v) is 10.3. The van der Waals surface area contributed by atoms with Crippen LogP contribution in [0.25, 0.3) is 0 Å². The fourth-order valence-electron chi connectivity index (χ4n) is 1.77. The number of Topliss-reactive ketones (excluding diaryl/α,β-unsaturated/α-hetero) is 1. The van der Waals surface area contributed by atoms with Crippen LogP contribution in [0, 0.1) is 0 Å². The van der Waals surface area contributed by atoms with Crippen molar-refractivity contribution in [2.75, 3.05) is 17.3 Å². The lowest BCUT2D eigenvalue weighted by Crippen LogP contribution is -2.17. The van der Waals surface area contributed by atoms with E-state index in [1.165, 1.54) is 24.3 Å². The van der Waals surface area contributed by atoms with Gasteiger partial charge in [-0.3, -0.25) is 4.79 Å². The minimum atomic E-state index is 0.300. The summed E-state index contributed by atoms with van der Waals surface area (Å²) < 4.78 is 0. The van der Waals surface area contributed by atoms with E-state index in [0.717, 1.165) is 16.2 Å². The molecule has 15 heavy (non-hydrogen) atoms. The first-order chi connectivity index (χ1) is 7.25. The Morgan fingerprint density at radius 3 is 2.40 bits per heavy atom. The summed E-state index contributed by atoms with van der Waals surface area (Å²) in [4.78, 5) is 12.8. The molecule has 0 unspecified atom stereocenters. The Kier molecular flexibility index (Phi) is 3.76. The summed E-state index contributed by atoms with van der Waals surface area (Å²) in [6.07, 6.45) is 2.62. The number of carbonyl (C=O) groups is 1. The van der Waals surface area contributed by atoms with Crippen molar-refractivity contribution in [1.29, 1.82) is 0 Å². The van der Waals surface area contributed by atoms with Gasteiger partial charge in [-0.05, 0) is 35.9 Å². The number of benzene rings is 1. The van der Waals surface area contributed by atoms with Crippen molar-refractivity contribution in [3.8, 4) is 0 Å². The Labute approximate surface area is 99.0 Å². The molecule has 3 heteroatoms. The average molecular weight is 239 g/mol. The van der Waals surface area contributed by atoms with Gasteiger partial charge in [0.25, 0.3) is 0 Å². The summed E-state index contributed by atoms with van der Waals surface area (Å²) in [5.74, 6) is 3.58. The molecule has 0 atom stereocenters. The van der Waals surface area contributed by atoms with Crippen LogP contribution < -0.4 is 0 Å². The first kappa shape index (κ1) is 11.1. The summed E-state index contributed by atoms with van der Waals surface area (Å²) >= 11 is 4.21. The Hall–Kier alpha value is -0.410. The van der Waals surface area contributed by atoms with Crippen molar-refractivity contribution in [2.24, 2.45) is 0 Å². The van der Waals surface area contributed by atoms with Gasteiger partial charge < -0.3 is 0 Å². The number of thiol groups is 1. The Bertz CT molecular complexity index is 339. The summed E-state index contributed by atoms with van der Waals surface area (Å²) in [5.41, 5.74) is 0.840. The van der Waals surface area contributed by atoms with E-state index in [-0.39, 0.29) is 0 Å². The highest BCUT2D eigenvalue weighted by Gasteiger charge is 2.27. The highest BCUT2D eigenvalue weighted by molar-refractivity contribution is 7.97. The molecule has 1 nitrogen and oxygen atoms in total. The highest BCUT2D eigenvalue weighted by atomic mass is 32.2. The van der Waals surface area contributed by atoms with Crippen LogP contribution in [-0.4, -0.2) is 23.0 Å². The average Bonchev–Trinajstić information content (AvgIpc) is 2.71. The molecule has 0 bridgehead atoms. The minimum absolute atomic E-state index is 0.300. The molecule has 1 heterocycles. The van der Waals surface area contributed by atoms with Crippen LogP contribution >= 0.6 is 12.6 Å². The number of hydrogen-bond donors (Lipinski definition) is 1. The summed E-state index contributed by atoms with van der Waals surface area (Å²) in [7, 11) is 0.368. The van der Waals surface area contributed by atoms with E-state index >= 15 is 0 Å². The van der Waals surface area contributed by atoms with Crippen molar-refractivity contribution in [3.63, 3.8) is 0 Å². The molecule has 0 spiro atoms. The van der Waals surface area contributed by atoms with Gasteiger partial charge in [-0.25, -0.2) is 0 Å². The second-order valence-electron chi connectivity index (χ2n) is 3.84. The fraction of sp³-hybridized carbons (Fsp3) is 0.417. The molecule has 0 saturated carbocycles. The van der Waals surface area contributed by atoms with Crippen LogP contribution in [-0.2, 0) is 10.9 Å². The van der Waals surface area contributed by atoms with Crippen molar-refractivity contribution in [2.45, 2.75) is 17.7 Å². The normalized spacial score (nSPS) is 16.9. The molecular weight excluding hydrogens is 224 g/mol. The molecule has 1 aliphatic heterocycles. The van der Waals surface area contributed by atoms with Crippen molar-refractivity contribution in [3.05, 3.63) is 29.8 Å². The van der Waals surface area contributed by atoms with Crippen LogP contribution in [0.15, 0.2) is 29.2 Å². The number of carbonyl (C=O) groups excluding carboxylic acids is 1. The van der Waals surface area contributed by atoms with Crippen molar-refractivity contribution >= 4 is 29.3 Å². The van der Waals surface area contributed by atoms with Crippen LogP contribution in [0.5, 0.6) is 0 Å². The third-order valence-corrected chi connectivity index (χ3v) is 5.34. The van der Waals surface area contributed by atoms with Gasteiger partial charge in [0.1, 0.15) is 11.5 Å². The SMILES string of the molecule is O=C(C[S+]1CCCC1)c1ccc(S)cc1. The minimum Gasteiger partial charge on any atom is -0.289 e. The van der Waals surface area contributed by atoms with Gasteiger partial charge in [0, 0.05) is 10.5 Å². The van der Waals surface area contributed by atoms with E-state index in [1.54, 1.807) is 0 Å². The Morgan fingerprint density at radius 2 is 1.80 bits per heavy atom. The van der Waals surface area contributed by atoms with Crippen molar-refractivity contribution < 1.29 is 4.79 Å². The monoisotopic (exact) mass is 239 g/mol. The molecule has 1 aromatic carbocycles. The second kappa shape index (κ2) is 5.08. The summed E-state index contributed by atoms with van der Waals surface area (Å²) in [6, 6.07) is 7.52. The van der Waals surface area contributed by atoms with Gasteiger partial charge in [0.15, 0.2) is 5.75 Å². The first-order valence-corrected chi connectivity index (χ1v) is 7.40. The van der Waals surface area contributed by atoms with Gasteiger partial charge >= 0.3 is 0 Å². The molecule has 0 aliphatic carbocycles. The molecule has 80 valence electrons. The van der Waals surface area contributed by atoms with Gasteiger partial charge in [-0.2, -0.15) is 0 Å². The second-order valence-corrected chi connectivity index (χ2v) is 6.69. The maximum atomic E-state index is 11.9. The summed E-state index contributed by atoms with van der Waals surface area (Å²) in [5, 5.41) is 0. The predicted octanol–water partition coefficient (Wildman–Crippen LogP) is 2.57. The largest absolute Gasteiger partial charge is 0.289 e. The van der Waals surface area contributed by atoms with E-state index in [0.29, 0.717) is 16.7 Å². The first-order valence-electron chi connectivity index (χ1n) is 5.22. The standard InChI is InChI=1S/C12H14OS2/c13-12(9-15-7-1-2-8-15)10-3-5-11(14)6-4-10/h3-6H,1-2,7-9H2/p+1. The molecule has 0 amide bonds. The van der Waals surface area contributed by atoms with Crippen molar-refractivity contribution in [1.82, 2.24) is 0 Å². The van der Waals surface area contributed by atoms with E-state index < -0.39 is 0 Å². The van der Waals surface area contributed by atoms with E-state index in [9.17, 15) is 4.79 Å². The molecule has 0 radical (unpaired) electrons. The number of ketones is 1. The predicted molar refractivity (Wildman–Crippen MR) is 69.2 cm³/mol. The van der Waals surface area contributed by atoms with E-state index in [1.807, 2.05) is 24.3 Å². The van der Waals surface area contributed by atoms with Crippen LogP contribution in [0.4, 0.5) is 0 Å². The molecular formula is C12H15OS2+. The Morgan fingerprint density at radius 1 is 1.20 bits per heavy atom. The molecule has 1 aliphatic rings. The maximum Gasteiger partial charge on any atom is 0.211 e. The lowest BCUT2D eigenvalue weighted by atomic mass is 10.1. The van der Waals surface area contributed by atoms with Crippen LogP contribution in [0.3, 0.4) is 0 Å². The summed E-state index contributed by atoms with van der Waals surface area (Å²) in [6.45, 7) is 0. The Balaban J connectivity index is 1.98. The van der Waals surface area contributed by atoms with Crippen LogP contribution in [0.1, 0.15) is 23.2 Å². The lowest BCUT2D eigenvalue weighted by molar-refractivity contribution is 0.102. The smallest absolute Gasteiger partial charge is 0.211 e. The highest BCUT2D eigenvalue weighted by Crippen LogP contribution is 2.16. The van der Waals surface area contributed by atoms with Gasteiger partial charge in [-0.1, -0.05) is 12.1 Å². The third-order valence-electron chi connectivity index (χ3n) is 2.64. The fourth-order valence-corrected chi connectivity index (χ4v) is 4.18. The van der Waals surface area contributed by atoms with E-state index in [4.69, 9.17) is 0 Å². The zero-order chi connectivity index (χ0) is 10.7. The van der Waals surface area contributed by atoms with E-state index in [2.05, 4.69) is 12.6 Å². The zero-order valence-electron chi connectivity index (χ0n) is 8.61. The molecule has 2 rings (SSSR count). The number of hydrogen-bond acceptors (Lipinski definition) is 2. The molecule has 1 aromatic rings. The van der Waals surface area contributed by atoms with Gasteiger partial charge in [-0.15, -0.1) is 12.6 Å². The van der Waals surface area contributed by atoms with Gasteiger partial charge in [0.05, 0.1) is 0 Å². The molecule has 0 N–H and O–H groups in total. The van der Waals surface area contributed by atoms with Gasteiger partial charge in [0.2, 0.25) is 5.78 Å². The lowest BCUT2D eigenvalue weighted by Gasteiger charge is -2.01. The van der Waals surface area contributed by atoms with Crippen LogP contribution in [0.2, 0.25) is 0 Å². The third kappa shape index (κ3) is 3.02. The molecule has 1 fully saturated rings. The quantitative estimate of drug-likeness (QED) is 0.487. The number of rotatable bonds is 3. The molecule has 0 aromatic heterocycles.